The molecule has 4 rings (SSSR count). The van der Waals surface area contributed by atoms with Crippen LogP contribution in [-0.2, 0) is 11.4 Å². The summed E-state index contributed by atoms with van der Waals surface area (Å²) < 4.78 is 17.4. The largest absolute Gasteiger partial charge is 0.490 e. The fourth-order valence-corrected chi connectivity index (χ4v) is 3.93. The summed E-state index contributed by atoms with van der Waals surface area (Å²) in [6.07, 6.45) is 1.47. The number of benzene rings is 4. The molecule has 0 radical (unpaired) electrons. The Hall–Kier alpha value is -5.11. The highest BCUT2D eigenvalue weighted by atomic mass is 16.5. The monoisotopic (exact) mass is 551 g/mol. The van der Waals surface area contributed by atoms with Crippen molar-refractivity contribution < 1.29 is 23.8 Å². The van der Waals surface area contributed by atoms with Crippen LogP contribution in [0.3, 0.4) is 0 Å². The van der Waals surface area contributed by atoms with E-state index in [4.69, 9.17) is 14.2 Å². The van der Waals surface area contributed by atoms with Crippen molar-refractivity contribution in [2.45, 2.75) is 27.4 Å². The first kappa shape index (κ1) is 28.9. The number of ether oxygens (including phenoxy) is 3. The standard InChI is InChI=1S/C33H33N3O5/c1-4-39-31-19-26(17-18-30(31)40-21-25-12-6-5-7-13-25)33(38)36-34-20-27-14-8-9-16-29(27)41-22-32(37)35-28-15-10-11-23(2)24(28)3/h5-20H,4,21-22H2,1-3H3,(H,35,37)(H,36,38)/b34-20+. The van der Waals surface area contributed by atoms with Gasteiger partial charge in [0.25, 0.3) is 11.8 Å². The average Bonchev–Trinajstić information content (AvgIpc) is 2.99. The van der Waals surface area contributed by atoms with Crippen molar-refractivity contribution in [3.05, 3.63) is 119 Å². The molecule has 0 aliphatic heterocycles. The summed E-state index contributed by atoms with van der Waals surface area (Å²) in [4.78, 5) is 25.3. The van der Waals surface area contributed by atoms with Crippen LogP contribution in [0.25, 0.3) is 0 Å². The van der Waals surface area contributed by atoms with Gasteiger partial charge in [-0.2, -0.15) is 5.10 Å². The number of hydrogen-bond donors (Lipinski definition) is 2. The van der Waals surface area contributed by atoms with Gasteiger partial charge in [-0.15, -0.1) is 0 Å². The molecule has 41 heavy (non-hydrogen) atoms. The number of hydrogen-bond acceptors (Lipinski definition) is 6. The smallest absolute Gasteiger partial charge is 0.271 e. The highest BCUT2D eigenvalue weighted by Crippen LogP contribution is 2.29. The number of nitrogens with one attached hydrogen (secondary N) is 2. The van der Waals surface area contributed by atoms with E-state index in [2.05, 4.69) is 15.8 Å². The van der Waals surface area contributed by atoms with Crippen LogP contribution in [0, 0.1) is 13.8 Å². The fourth-order valence-electron chi connectivity index (χ4n) is 3.93. The quantitative estimate of drug-likeness (QED) is 0.165. The zero-order valence-electron chi connectivity index (χ0n) is 23.3. The van der Waals surface area contributed by atoms with Crippen LogP contribution in [0.2, 0.25) is 0 Å². The van der Waals surface area contributed by atoms with Crippen molar-refractivity contribution >= 4 is 23.7 Å². The minimum Gasteiger partial charge on any atom is -0.490 e. The van der Waals surface area contributed by atoms with Crippen LogP contribution in [-0.4, -0.2) is 31.2 Å². The van der Waals surface area contributed by atoms with Crippen molar-refractivity contribution in [2.75, 3.05) is 18.5 Å². The number of carbonyl (C=O) groups is 2. The van der Waals surface area contributed by atoms with Crippen LogP contribution in [0.1, 0.15) is 39.5 Å². The SMILES string of the molecule is CCOc1cc(C(=O)N/N=C/c2ccccc2OCC(=O)Nc2cccc(C)c2C)ccc1OCc1ccccc1. The number of para-hydroxylation sites is 1. The maximum absolute atomic E-state index is 12.8. The molecule has 8 heteroatoms. The second-order valence-corrected chi connectivity index (χ2v) is 9.19. The first-order valence-electron chi connectivity index (χ1n) is 13.3. The van der Waals surface area contributed by atoms with Gasteiger partial charge in [0.2, 0.25) is 0 Å². The van der Waals surface area contributed by atoms with Gasteiger partial charge in [0, 0.05) is 16.8 Å². The maximum atomic E-state index is 12.8. The molecule has 0 aromatic heterocycles. The maximum Gasteiger partial charge on any atom is 0.271 e. The summed E-state index contributed by atoms with van der Waals surface area (Å²) in [6.45, 7) is 6.44. The lowest BCUT2D eigenvalue weighted by molar-refractivity contribution is -0.118. The summed E-state index contributed by atoms with van der Waals surface area (Å²) in [7, 11) is 0. The number of rotatable bonds is 12. The Balaban J connectivity index is 1.35. The van der Waals surface area contributed by atoms with E-state index in [1.165, 1.54) is 6.21 Å². The van der Waals surface area contributed by atoms with E-state index in [1.54, 1.807) is 36.4 Å². The van der Waals surface area contributed by atoms with E-state index in [0.717, 1.165) is 22.4 Å². The average molecular weight is 552 g/mol. The topological polar surface area (TPSA) is 98.3 Å². The minimum absolute atomic E-state index is 0.177. The Labute approximate surface area is 240 Å². The number of amides is 2. The zero-order valence-corrected chi connectivity index (χ0v) is 23.3. The minimum atomic E-state index is -0.414. The van der Waals surface area contributed by atoms with Crippen LogP contribution < -0.4 is 25.0 Å². The molecule has 0 spiro atoms. The molecule has 4 aromatic carbocycles. The lowest BCUT2D eigenvalue weighted by Crippen LogP contribution is -2.21. The van der Waals surface area contributed by atoms with Crippen molar-refractivity contribution in [3.63, 3.8) is 0 Å². The Kier molecular flexibility index (Phi) is 10.1. The Morgan fingerprint density at radius 1 is 0.805 bits per heavy atom. The number of anilines is 1. The highest BCUT2D eigenvalue weighted by Gasteiger charge is 2.12. The van der Waals surface area contributed by atoms with Crippen LogP contribution in [0.4, 0.5) is 5.69 Å². The molecule has 0 saturated heterocycles. The number of nitrogens with zero attached hydrogens (tertiary/aromatic N) is 1. The fraction of sp³-hybridized carbons (Fsp3) is 0.182. The molecule has 0 bridgehead atoms. The van der Waals surface area contributed by atoms with E-state index in [9.17, 15) is 9.59 Å². The van der Waals surface area contributed by atoms with Gasteiger partial charge in [0.1, 0.15) is 12.4 Å². The van der Waals surface area contributed by atoms with Gasteiger partial charge in [-0.05, 0) is 73.9 Å². The van der Waals surface area contributed by atoms with E-state index in [0.29, 0.717) is 41.6 Å². The summed E-state index contributed by atoms with van der Waals surface area (Å²) in [5, 5.41) is 6.97. The third-order valence-corrected chi connectivity index (χ3v) is 6.27. The van der Waals surface area contributed by atoms with Crippen LogP contribution in [0.5, 0.6) is 17.2 Å². The molecule has 0 fully saturated rings. The summed E-state index contributed by atoms with van der Waals surface area (Å²) in [5.41, 5.74) is 7.37. The van der Waals surface area contributed by atoms with Crippen molar-refractivity contribution in [3.8, 4) is 17.2 Å². The third kappa shape index (κ3) is 8.19. The first-order valence-corrected chi connectivity index (χ1v) is 13.3. The lowest BCUT2D eigenvalue weighted by atomic mass is 10.1. The molecule has 0 atom stereocenters. The Morgan fingerprint density at radius 2 is 1.59 bits per heavy atom. The molecule has 8 nitrogen and oxygen atoms in total. The number of aryl methyl sites for hydroxylation is 1. The van der Waals surface area contributed by atoms with Gasteiger partial charge in [-0.25, -0.2) is 5.43 Å². The van der Waals surface area contributed by atoms with Crippen LogP contribution in [0.15, 0.2) is 96.1 Å². The predicted octanol–water partition coefficient (Wildman–Crippen LogP) is 6.06. The van der Waals surface area contributed by atoms with Gasteiger partial charge in [0.15, 0.2) is 18.1 Å². The van der Waals surface area contributed by atoms with Crippen molar-refractivity contribution in [1.82, 2.24) is 5.43 Å². The van der Waals surface area contributed by atoms with Crippen molar-refractivity contribution in [1.29, 1.82) is 0 Å². The second-order valence-electron chi connectivity index (χ2n) is 9.19. The van der Waals surface area contributed by atoms with E-state index in [-0.39, 0.29) is 12.5 Å². The second kappa shape index (κ2) is 14.3. The van der Waals surface area contributed by atoms with Gasteiger partial charge in [0.05, 0.1) is 12.8 Å². The summed E-state index contributed by atoms with van der Waals surface area (Å²) >= 11 is 0. The van der Waals surface area contributed by atoms with Crippen LogP contribution >= 0.6 is 0 Å². The molecule has 0 heterocycles. The molecule has 0 aliphatic rings. The third-order valence-electron chi connectivity index (χ3n) is 6.27. The predicted molar refractivity (Wildman–Crippen MR) is 160 cm³/mol. The van der Waals surface area contributed by atoms with Gasteiger partial charge in [-0.3, -0.25) is 9.59 Å². The van der Waals surface area contributed by atoms with Gasteiger partial charge < -0.3 is 19.5 Å². The molecule has 4 aromatic rings. The molecular formula is C33H33N3O5. The molecule has 2 N–H and O–H groups in total. The molecule has 0 saturated carbocycles. The molecule has 0 aliphatic carbocycles. The summed E-state index contributed by atoms with van der Waals surface area (Å²) in [6, 6.07) is 27.6. The van der Waals surface area contributed by atoms with Gasteiger partial charge >= 0.3 is 0 Å². The first-order chi connectivity index (χ1) is 19.9. The lowest BCUT2D eigenvalue weighted by Gasteiger charge is -2.13. The van der Waals surface area contributed by atoms with E-state index >= 15 is 0 Å². The molecule has 0 unspecified atom stereocenters. The highest BCUT2D eigenvalue weighted by molar-refractivity contribution is 5.96. The van der Waals surface area contributed by atoms with E-state index in [1.807, 2.05) is 75.4 Å². The Bertz CT molecular complexity index is 1520. The normalized spacial score (nSPS) is 10.7. The number of hydrazone groups is 1. The van der Waals surface area contributed by atoms with Gasteiger partial charge in [-0.1, -0.05) is 54.6 Å². The molecule has 2 amide bonds. The molecule has 210 valence electrons. The summed E-state index contributed by atoms with van der Waals surface area (Å²) in [5.74, 6) is 0.782. The van der Waals surface area contributed by atoms with E-state index < -0.39 is 5.91 Å². The zero-order chi connectivity index (χ0) is 29.0. The molecular weight excluding hydrogens is 518 g/mol. The van der Waals surface area contributed by atoms with Crippen molar-refractivity contribution in [2.24, 2.45) is 5.10 Å². The Morgan fingerprint density at radius 3 is 2.39 bits per heavy atom. The number of carbonyl (C=O) groups excluding carboxylic acids is 2.